The fourth-order valence-corrected chi connectivity index (χ4v) is 1.96. The van der Waals surface area contributed by atoms with E-state index in [1.165, 1.54) is 6.08 Å². The minimum atomic E-state index is -0.890. The van der Waals surface area contributed by atoms with Crippen molar-refractivity contribution in [2.45, 2.75) is 6.42 Å². The topological polar surface area (TPSA) is 79.5 Å². The SMILES string of the molecule is O=C(O)Cc1ccc(NC(=O)/C=C/c2ccc(Br)o2)cc1. The number of carboxylic acids is 1. The highest BCUT2D eigenvalue weighted by atomic mass is 79.9. The summed E-state index contributed by atoms with van der Waals surface area (Å²) < 4.78 is 5.83. The Bertz CT molecular complexity index is 673. The van der Waals surface area contributed by atoms with E-state index in [4.69, 9.17) is 9.52 Å². The van der Waals surface area contributed by atoms with Crippen molar-refractivity contribution < 1.29 is 19.1 Å². The molecule has 1 amide bonds. The summed E-state index contributed by atoms with van der Waals surface area (Å²) in [5, 5.41) is 11.3. The standard InChI is InChI=1S/C15H12BrNO4/c16-13-7-5-12(21-13)6-8-14(18)17-11-3-1-10(2-4-11)9-15(19)20/h1-8H,9H2,(H,17,18)(H,19,20)/b8-6+. The molecule has 0 aliphatic rings. The van der Waals surface area contributed by atoms with Gasteiger partial charge in [-0.2, -0.15) is 0 Å². The Morgan fingerprint density at radius 2 is 1.90 bits per heavy atom. The van der Waals surface area contributed by atoms with Gasteiger partial charge in [-0.05, 0) is 51.8 Å². The molecule has 0 bridgehead atoms. The molecule has 0 aliphatic carbocycles. The highest BCUT2D eigenvalue weighted by molar-refractivity contribution is 9.10. The van der Waals surface area contributed by atoms with Crippen LogP contribution in [0.1, 0.15) is 11.3 Å². The van der Waals surface area contributed by atoms with Crippen LogP contribution in [0.15, 0.2) is 51.6 Å². The van der Waals surface area contributed by atoms with Crippen molar-refractivity contribution in [3.8, 4) is 0 Å². The molecule has 0 saturated carbocycles. The van der Waals surface area contributed by atoms with Gasteiger partial charge in [-0.15, -0.1) is 0 Å². The largest absolute Gasteiger partial charge is 0.481 e. The number of rotatable bonds is 5. The molecular weight excluding hydrogens is 338 g/mol. The smallest absolute Gasteiger partial charge is 0.307 e. The Kier molecular flexibility index (Phi) is 4.94. The number of hydrogen-bond acceptors (Lipinski definition) is 3. The van der Waals surface area contributed by atoms with Crippen LogP contribution in [0.4, 0.5) is 5.69 Å². The average Bonchev–Trinajstić information content (AvgIpc) is 2.84. The maximum atomic E-state index is 11.7. The molecule has 2 rings (SSSR count). The second-order valence-corrected chi connectivity index (χ2v) is 5.01. The summed E-state index contributed by atoms with van der Waals surface area (Å²) in [6.07, 6.45) is 2.87. The Morgan fingerprint density at radius 1 is 1.19 bits per heavy atom. The van der Waals surface area contributed by atoms with Crippen molar-refractivity contribution in [1.82, 2.24) is 0 Å². The molecule has 0 radical (unpaired) electrons. The molecule has 1 aromatic carbocycles. The lowest BCUT2D eigenvalue weighted by Crippen LogP contribution is -2.08. The summed E-state index contributed by atoms with van der Waals surface area (Å²) in [6.45, 7) is 0. The third-order valence-corrected chi connectivity index (χ3v) is 3.00. The van der Waals surface area contributed by atoms with E-state index >= 15 is 0 Å². The molecule has 5 nitrogen and oxygen atoms in total. The van der Waals surface area contributed by atoms with Gasteiger partial charge in [-0.25, -0.2) is 0 Å². The van der Waals surface area contributed by atoms with Crippen molar-refractivity contribution in [1.29, 1.82) is 0 Å². The summed E-state index contributed by atoms with van der Waals surface area (Å²) in [7, 11) is 0. The number of carboxylic acid groups (broad SMARTS) is 1. The van der Waals surface area contributed by atoms with Gasteiger partial charge in [0, 0.05) is 11.8 Å². The third-order valence-electron chi connectivity index (χ3n) is 2.57. The first-order valence-electron chi connectivity index (χ1n) is 6.08. The number of hydrogen-bond donors (Lipinski definition) is 2. The molecule has 0 unspecified atom stereocenters. The first-order chi connectivity index (χ1) is 10.0. The van der Waals surface area contributed by atoms with Crippen LogP contribution in [0.2, 0.25) is 0 Å². The maximum Gasteiger partial charge on any atom is 0.307 e. The molecular formula is C15H12BrNO4. The van der Waals surface area contributed by atoms with E-state index in [0.717, 1.165) is 0 Å². The number of anilines is 1. The molecule has 0 fully saturated rings. The van der Waals surface area contributed by atoms with E-state index in [-0.39, 0.29) is 12.3 Å². The van der Waals surface area contributed by atoms with Crippen LogP contribution in [-0.4, -0.2) is 17.0 Å². The fraction of sp³-hybridized carbons (Fsp3) is 0.0667. The summed E-state index contributed by atoms with van der Waals surface area (Å²) >= 11 is 3.17. The van der Waals surface area contributed by atoms with Crippen molar-refractivity contribution in [3.63, 3.8) is 0 Å². The highest BCUT2D eigenvalue weighted by Crippen LogP contribution is 2.15. The van der Waals surface area contributed by atoms with Crippen molar-refractivity contribution >= 4 is 39.6 Å². The van der Waals surface area contributed by atoms with Crippen LogP contribution in [-0.2, 0) is 16.0 Å². The molecule has 108 valence electrons. The van der Waals surface area contributed by atoms with E-state index in [1.807, 2.05) is 0 Å². The normalized spacial score (nSPS) is 10.7. The third kappa shape index (κ3) is 4.92. The van der Waals surface area contributed by atoms with Crippen LogP contribution in [0.3, 0.4) is 0 Å². The second kappa shape index (κ2) is 6.90. The first kappa shape index (κ1) is 15.1. The highest BCUT2D eigenvalue weighted by Gasteiger charge is 2.02. The lowest BCUT2D eigenvalue weighted by Gasteiger charge is -2.03. The van der Waals surface area contributed by atoms with Gasteiger partial charge in [-0.1, -0.05) is 12.1 Å². The summed E-state index contributed by atoms with van der Waals surface area (Å²) in [5.41, 5.74) is 1.27. The van der Waals surface area contributed by atoms with Gasteiger partial charge in [0.2, 0.25) is 5.91 Å². The van der Waals surface area contributed by atoms with E-state index in [1.54, 1.807) is 42.5 Å². The van der Waals surface area contributed by atoms with E-state index in [2.05, 4.69) is 21.2 Å². The zero-order chi connectivity index (χ0) is 15.2. The van der Waals surface area contributed by atoms with Crippen LogP contribution >= 0.6 is 15.9 Å². The molecule has 6 heteroatoms. The molecule has 2 N–H and O–H groups in total. The quantitative estimate of drug-likeness (QED) is 0.811. The summed E-state index contributed by atoms with van der Waals surface area (Å²) in [6, 6.07) is 10.1. The van der Waals surface area contributed by atoms with Crippen LogP contribution in [0, 0.1) is 0 Å². The van der Waals surface area contributed by atoms with E-state index in [0.29, 0.717) is 21.7 Å². The number of furan rings is 1. The van der Waals surface area contributed by atoms with Gasteiger partial charge in [0.05, 0.1) is 6.42 Å². The van der Waals surface area contributed by atoms with Crippen molar-refractivity contribution in [3.05, 3.63) is 58.5 Å². The monoisotopic (exact) mass is 349 g/mol. The van der Waals surface area contributed by atoms with Crippen LogP contribution in [0.25, 0.3) is 6.08 Å². The van der Waals surface area contributed by atoms with Crippen molar-refractivity contribution in [2.24, 2.45) is 0 Å². The molecule has 0 atom stereocenters. The Morgan fingerprint density at radius 3 is 2.48 bits per heavy atom. The number of nitrogens with one attached hydrogen (secondary N) is 1. The van der Waals surface area contributed by atoms with Gasteiger partial charge < -0.3 is 14.8 Å². The zero-order valence-corrected chi connectivity index (χ0v) is 12.5. The molecule has 2 aromatic rings. The average molecular weight is 350 g/mol. The Balaban J connectivity index is 1.93. The molecule has 21 heavy (non-hydrogen) atoms. The summed E-state index contributed by atoms with van der Waals surface area (Å²) in [5.74, 6) is -0.623. The van der Waals surface area contributed by atoms with Crippen LogP contribution < -0.4 is 5.32 Å². The van der Waals surface area contributed by atoms with Gasteiger partial charge in [0.25, 0.3) is 0 Å². The molecule has 1 aromatic heterocycles. The number of halogens is 1. The number of carbonyl (C=O) groups is 2. The minimum Gasteiger partial charge on any atom is -0.481 e. The fourth-order valence-electron chi connectivity index (χ4n) is 1.64. The second-order valence-electron chi connectivity index (χ2n) is 4.23. The molecule has 1 heterocycles. The molecule has 0 aliphatic heterocycles. The van der Waals surface area contributed by atoms with Gasteiger partial charge in [-0.3, -0.25) is 9.59 Å². The number of aliphatic carboxylic acids is 1. The number of carbonyl (C=O) groups excluding carboxylic acids is 1. The summed E-state index contributed by atoms with van der Waals surface area (Å²) in [4.78, 5) is 22.3. The van der Waals surface area contributed by atoms with E-state index in [9.17, 15) is 9.59 Å². The number of amides is 1. The lowest BCUT2D eigenvalue weighted by atomic mass is 10.1. The lowest BCUT2D eigenvalue weighted by molar-refractivity contribution is -0.136. The van der Waals surface area contributed by atoms with Gasteiger partial charge in [0.15, 0.2) is 4.67 Å². The maximum absolute atomic E-state index is 11.7. The molecule has 0 spiro atoms. The Hall–Kier alpha value is -2.34. The Labute approximate surface area is 129 Å². The van der Waals surface area contributed by atoms with Gasteiger partial charge >= 0.3 is 5.97 Å². The predicted molar refractivity (Wildman–Crippen MR) is 81.9 cm³/mol. The van der Waals surface area contributed by atoms with Gasteiger partial charge in [0.1, 0.15) is 5.76 Å². The van der Waals surface area contributed by atoms with Crippen LogP contribution in [0.5, 0.6) is 0 Å². The minimum absolute atomic E-state index is 0.0402. The predicted octanol–water partition coefficient (Wildman–Crippen LogP) is 3.32. The van der Waals surface area contributed by atoms with Crippen molar-refractivity contribution in [2.75, 3.05) is 5.32 Å². The number of benzene rings is 1. The zero-order valence-electron chi connectivity index (χ0n) is 10.9. The molecule has 0 saturated heterocycles. The van der Waals surface area contributed by atoms with E-state index < -0.39 is 5.97 Å². The first-order valence-corrected chi connectivity index (χ1v) is 6.87.